The van der Waals surface area contributed by atoms with Crippen LogP contribution in [-0.4, -0.2) is 60.5 Å². The van der Waals surface area contributed by atoms with Crippen LogP contribution >= 0.6 is 0 Å². The zero-order valence-electron chi connectivity index (χ0n) is 18.1. The zero-order chi connectivity index (χ0) is 22.1. The molecule has 2 atom stereocenters. The summed E-state index contributed by atoms with van der Waals surface area (Å²) >= 11 is 0. The maximum atomic E-state index is 13.5. The summed E-state index contributed by atoms with van der Waals surface area (Å²) in [5.41, 5.74) is 6.05. The van der Waals surface area contributed by atoms with Crippen molar-refractivity contribution in [3.63, 3.8) is 0 Å². The standard InChI is InChI=1S/C22H34N4O4/c1-4-16(2)26(20(28)18(23)14-19(27)30-3)22(10-12-24-13-11-22)21(29)25-15-17-8-6-5-7-9-17/h5-9,16,18,24H,4,10-15,23H2,1-3H3,(H,25,29)/t16?,18-/m0/s1. The third kappa shape index (κ3) is 5.58. The lowest BCUT2D eigenvalue weighted by Crippen LogP contribution is -2.68. The second kappa shape index (κ2) is 11.1. The van der Waals surface area contributed by atoms with Gasteiger partial charge in [-0.25, -0.2) is 0 Å². The molecule has 8 nitrogen and oxygen atoms in total. The molecule has 0 aromatic heterocycles. The van der Waals surface area contributed by atoms with Crippen molar-refractivity contribution < 1.29 is 19.1 Å². The molecule has 1 fully saturated rings. The van der Waals surface area contributed by atoms with Gasteiger partial charge in [0.15, 0.2) is 0 Å². The minimum atomic E-state index is -1.06. The molecule has 1 aromatic carbocycles. The molecule has 2 rings (SSSR count). The molecular formula is C22H34N4O4. The Morgan fingerprint density at radius 3 is 2.43 bits per heavy atom. The van der Waals surface area contributed by atoms with Crippen LogP contribution in [-0.2, 0) is 25.7 Å². The molecule has 0 bridgehead atoms. The minimum absolute atomic E-state index is 0.188. The topological polar surface area (TPSA) is 114 Å². The quantitative estimate of drug-likeness (QED) is 0.515. The number of carbonyl (C=O) groups is 3. The van der Waals surface area contributed by atoms with E-state index in [9.17, 15) is 14.4 Å². The van der Waals surface area contributed by atoms with E-state index in [1.165, 1.54) is 7.11 Å². The lowest BCUT2D eigenvalue weighted by Gasteiger charge is -2.48. The molecule has 1 aliphatic heterocycles. The third-order valence-electron chi connectivity index (χ3n) is 5.81. The average Bonchev–Trinajstić information content (AvgIpc) is 2.78. The van der Waals surface area contributed by atoms with E-state index in [0.29, 0.717) is 38.9 Å². The number of hydrogen-bond donors (Lipinski definition) is 3. The first kappa shape index (κ1) is 23.8. The van der Waals surface area contributed by atoms with Crippen molar-refractivity contribution in [2.24, 2.45) is 5.73 Å². The first-order chi connectivity index (χ1) is 14.4. The second-order valence-electron chi connectivity index (χ2n) is 7.80. The fourth-order valence-corrected chi connectivity index (χ4v) is 3.92. The summed E-state index contributed by atoms with van der Waals surface area (Å²) < 4.78 is 4.66. The number of piperidine rings is 1. The molecule has 0 radical (unpaired) electrons. The van der Waals surface area contributed by atoms with E-state index >= 15 is 0 Å². The Kier molecular flexibility index (Phi) is 8.80. The van der Waals surface area contributed by atoms with Crippen molar-refractivity contribution in [1.82, 2.24) is 15.5 Å². The van der Waals surface area contributed by atoms with Crippen LogP contribution in [0.3, 0.4) is 0 Å². The molecule has 1 heterocycles. The predicted octanol–water partition coefficient (Wildman–Crippen LogP) is 0.943. The van der Waals surface area contributed by atoms with Gasteiger partial charge in [0.05, 0.1) is 19.6 Å². The summed E-state index contributed by atoms with van der Waals surface area (Å²) in [4.78, 5) is 40.2. The van der Waals surface area contributed by atoms with E-state index < -0.39 is 23.5 Å². The van der Waals surface area contributed by atoms with Crippen LogP contribution in [0, 0.1) is 0 Å². The first-order valence-electron chi connectivity index (χ1n) is 10.5. The number of esters is 1. The van der Waals surface area contributed by atoms with Crippen molar-refractivity contribution in [3.8, 4) is 0 Å². The van der Waals surface area contributed by atoms with E-state index in [1.54, 1.807) is 4.90 Å². The van der Waals surface area contributed by atoms with Gasteiger partial charge in [0.2, 0.25) is 11.8 Å². The van der Waals surface area contributed by atoms with Crippen LogP contribution in [0.15, 0.2) is 30.3 Å². The number of rotatable bonds is 9. The van der Waals surface area contributed by atoms with Crippen molar-refractivity contribution in [3.05, 3.63) is 35.9 Å². The Morgan fingerprint density at radius 1 is 1.23 bits per heavy atom. The number of carbonyl (C=O) groups excluding carboxylic acids is 3. The van der Waals surface area contributed by atoms with Gasteiger partial charge in [-0.15, -0.1) is 0 Å². The maximum Gasteiger partial charge on any atom is 0.307 e. The summed E-state index contributed by atoms with van der Waals surface area (Å²) in [7, 11) is 1.26. The number of nitrogens with two attached hydrogens (primary N) is 1. The number of nitrogens with zero attached hydrogens (tertiary/aromatic N) is 1. The van der Waals surface area contributed by atoms with Gasteiger partial charge in [-0.1, -0.05) is 37.3 Å². The lowest BCUT2D eigenvalue weighted by molar-refractivity contribution is -0.156. The van der Waals surface area contributed by atoms with E-state index in [4.69, 9.17) is 5.73 Å². The monoisotopic (exact) mass is 418 g/mol. The normalized spacial score (nSPS) is 17.5. The van der Waals surface area contributed by atoms with Crippen LogP contribution in [0.4, 0.5) is 0 Å². The molecule has 1 saturated heterocycles. The Balaban J connectivity index is 2.31. The maximum absolute atomic E-state index is 13.5. The highest BCUT2D eigenvalue weighted by molar-refractivity contribution is 5.94. The van der Waals surface area contributed by atoms with Crippen LogP contribution in [0.5, 0.6) is 0 Å². The lowest BCUT2D eigenvalue weighted by atomic mass is 9.83. The Hall–Kier alpha value is -2.45. The Morgan fingerprint density at radius 2 is 1.87 bits per heavy atom. The summed E-state index contributed by atoms with van der Waals surface area (Å²) in [6.45, 7) is 5.49. The summed E-state index contributed by atoms with van der Waals surface area (Å²) in [5, 5.41) is 6.29. The SMILES string of the molecule is CCC(C)N(C(=O)[C@@H](N)CC(=O)OC)C1(C(=O)NCc2ccccc2)CCNCC1. The van der Waals surface area contributed by atoms with E-state index in [0.717, 1.165) is 5.56 Å². The van der Waals surface area contributed by atoms with Crippen LogP contribution < -0.4 is 16.4 Å². The molecule has 1 unspecified atom stereocenters. The zero-order valence-corrected chi connectivity index (χ0v) is 18.1. The number of methoxy groups -OCH3 is 1. The highest BCUT2D eigenvalue weighted by Crippen LogP contribution is 2.31. The van der Waals surface area contributed by atoms with Crippen molar-refractivity contribution >= 4 is 17.8 Å². The molecule has 30 heavy (non-hydrogen) atoms. The first-order valence-corrected chi connectivity index (χ1v) is 10.5. The van der Waals surface area contributed by atoms with Gasteiger partial charge in [-0.2, -0.15) is 0 Å². The largest absolute Gasteiger partial charge is 0.469 e. The number of amides is 2. The second-order valence-corrected chi connectivity index (χ2v) is 7.80. The number of nitrogens with one attached hydrogen (secondary N) is 2. The summed E-state index contributed by atoms with van der Waals surface area (Å²) in [6.07, 6.45) is 1.41. The van der Waals surface area contributed by atoms with Crippen LogP contribution in [0.1, 0.15) is 45.1 Å². The van der Waals surface area contributed by atoms with E-state index in [2.05, 4.69) is 15.4 Å². The van der Waals surface area contributed by atoms with Gasteiger partial charge in [-0.05, 0) is 44.8 Å². The molecule has 0 aliphatic carbocycles. The molecule has 1 aromatic rings. The van der Waals surface area contributed by atoms with Crippen LogP contribution in [0.2, 0.25) is 0 Å². The van der Waals surface area contributed by atoms with E-state index in [1.807, 2.05) is 44.2 Å². The van der Waals surface area contributed by atoms with Crippen molar-refractivity contribution in [2.75, 3.05) is 20.2 Å². The van der Waals surface area contributed by atoms with Gasteiger partial charge in [-0.3, -0.25) is 14.4 Å². The van der Waals surface area contributed by atoms with Crippen LogP contribution in [0.25, 0.3) is 0 Å². The molecule has 8 heteroatoms. The fraction of sp³-hybridized carbons (Fsp3) is 0.591. The minimum Gasteiger partial charge on any atom is -0.469 e. The molecule has 166 valence electrons. The Labute approximate surface area is 178 Å². The summed E-state index contributed by atoms with van der Waals surface area (Å²) in [6, 6.07) is 8.39. The fourth-order valence-electron chi connectivity index (χ4n) is 3.92. The Bertz CT molecular complexity index is 719. The molecule has 2 amide bonds. The smallest absolute Gasteiger partial charge is 0.307 e. The highest BCUT2D eigenvalue weighted by Gasteiger charge is 2.49. The molecule has 1 aliphatic rings. The molecule has 0 spiro atoms. The molecular weight excluding hydrogens is 384 g/mol. The highest BCUT2D eigenvalue weighted by atomic mass is 16.5. The molecule has 0 saturated carbocycles. The van der Waals surface area contributed by atoms with Gasteiger partial charge >= 0.3 is 5.97 Å². The van der Waals surface area contributed by atoms with Gasteiger partial charge in [0.25, 0.3) is 0 Å². The number of hydrogen-bond acceptors (Lipinski definition) is 6. The van der Waals surface area contributed by atoms with Gasteiger partial charge < -0.3 is 26.0 Å². The van der Waals surface area contributed by atoms with Crippen molar-refractivity contribution in [2.45, 2.75) is 63.7 Å². The number of ether oxygens (including phenoxy) is 1. The average molecular weight is 419 g/mol. The summed E-state index contributed by atoms with van der Waals surface area (Å²) in [5.74, 6) is -1.13. The third-order valence-corrected chi connectivity index (χ3v) is 5.81. The molecule has 4 N–H and O–H groups in total. The van der Waals surface area contributed by atoms with Gasteiger partial charge in [0.1, 0.15) is 5.54 Å². The van der Waals surface area contributed by atoms with Gasteiger partial charge in [0, 0.05) is 12.6 Å². The number of benzene rings is 1. The predicted molar refractivity (Wildman–Crippen MR) is 114 cm³/mol. The van der Waals surface area contributed by atoms with E-state index in [-0.39, 0.29) is 18.4 Å². The van der Waals surface area contributed by atoms with Crippen molar-refractivity contribution in [1.29, 1.82) is 0 Å².